The number of hydrogen-bond acceptors (Lipinski definition) is 5. The molecule has 1 N–H and O–H groups in total. The Morgan fingerprint density at radius 1 is 1.00 bits per heavy atom. The van der Waals surface area contributed by atoms with Gasteiger partial charge in [-0.1, -0.05) is 48.5 Å². The molecule has 30 heavy (non-hydrogen) atoms. The number of ether oxygens (including phenoxy) is 1. The number of hydrogen-bond donors (Lipinski definition) is 1. The first-order valence-electron chi connectivity index (χ1n) is 9.54. The molecule has 2 aromatic heterocycles. The van der Waals surface area contributed by atoms with Crippen LogP contribution in [0.4, 0.5) is 0 Å². The summed E-state index contributed by atoms with van der Waals surface area (Å²) in [5, 5.41) is 3.39. The van der Waals surface area contributed by atoms with Gasteiger partial charge in [0.25, 0.3) is 5.91 Å². The molecule has 1 amide bonds. The van der Waals surface area contributed by atoms with Crippen molar-refractivity contribution in [3.05, 3.63) is 89.7 Å². The van der Waals surface area contributed by atoms with Gasteiger partial charge in [0.05, 0.1) is 11.1 Å². The first-order valence-corrected chi connectivity index (χ1v) is 9.54. The molecule has 0 radical (unpaired) electrons. The van der Waals surface area contributed by atoms with Crippen molar-refractivity contribution < 1.29 is 18.7 Å². The average Bonchev–Trinajstić information content (AvgIpc) is 3.22. The van der Waals surface area contributed by atoms with Gasteiger partial charge in [0.15, 0.2) is 12.4 Å². The molecule has 0 bridgehead atoms. The molecule has 0 aliphatic carbocycles. The Labute approximate surface area is 173 Å². The first kappa shape index (κ1) is 19.4. The third-order valence-electron chi connectivity index (χ3n) is 4.60. The monoisotopic (exact) mass is 400 g/mol. The fourth-order valence-electron chi connectivity index (χ4n) is 3.10. The molecular weight excluding hydrogens is 380 g/mol. The number of nitrogens with zero attached hydrogens (tertiary/aromatic N) is 1. The fourth-order valence-corrected chi connectivity index (χ4v) is 3.10. The van der Waals surface area contributed by atoms with Crippen LogP contribution in [0.2, 0.25) is 0 Å². The van der Waals surface area contributed by atoms with E-state index in [0.717, 1.165) is 11.3 Å². The smallest absolute Gasteiger partial charge is 0.339 e. The Bertz CT molecular complexity index is 1200. The van der Waals surface area contributed by atoms with E-state index in [9.17, 15) is 9.59 Å². The van der Waals surface area contributed by atoms with Gasteiger partial charge in [-0.15, -0.1) is 0 Å². The van der Waals surface area contributed by atoms with Gasteiger partial charge in [0.1, 0.15) is 11.5 Å². The highest BCUT2D eigenvalue weighted by molar-refractivity contribution is 6.05. The summed E-state index contributed by atoms with van der Waals surface area (Å²) in [6.45, 7) is 1.85. The minimum atomic E-state index is -0.590. The number of para-hydroxylation sites is 1. The van der Waals surface area contributed by atoms with Crippen LogP contribution in [-0.4, -0.2) is 23.5 Å². The van der Waals surface area contributed by atoms with E-state index in [0.29, 0.717) is 34.5 Å². The van der Waals surface area contributed by atoms with E-state index < -0.39 is 5.97 Å². The van der Waals surface area contributed by atoms with Crippen molar-refractivity contribution in [1.29, 1.82) is 0 Å². The molecule has 4 aromatic rings. The molecule has 0 atom stereocenters. The second-order valence-electron chi connectivity index (χ2n) is 6.82. The Morgan fingerprint density at radius 3 is 2.53 bits per heavy atom. The number of esters is 1. The number of fused-ring (bicyclic) bond motifs is 1. The van der Waals surface area contributed by atoms with Crippen molar-refractivity contribution in [3.8, 4) is 11.5 Å². The van der Waals surface area contributed by atoms with Gasteiger partial charge in [-0.3, -0.25) is 4.79 Å². The van der Waals surface area contributed by atoms with Gasteiger partial charge >= 0.3 is 5.97 Å². The number of carbonyl (C=O) groups excluding carboxylic acids is 2. The summed E-state index contributed by atoms with van der Waals surface area (Å²) in [6.07, 6.45) is 0. The van der Waals surface area contributed by atoms with Gasteiger partial charge in [-0.05, 0) is 36.8 Å². The van der Waals surface area contributed by atoms with E-state index in [2.05, 4.69) is 10.3 Å². The molecule has 0 aliphatic rings. The second kappa shape index (κ2) is 8.61. The number of aryl methyl sites for hydroxylation is 1. The summed E-state index contributed by atoms with van der Waals surface area (Å²) >= 11 is 0. The zero-order valence-corrected chi connectivity index (χ0v) is 16.4. The number of aromatic nitrogens is 1. The van der Waals surface area contributed by atoms with E-state index in [4.69, 9.17) is 9.15 Å². The molecule has 0 spiro atoms. The molecule has 0 saturated heterocycles. The van der Waals surface area contributed by atoms with Crippen LogP contribution >= 0.6 is 0 Å². The molecule has 6 nitrogen and oxygen atoms in total. The maximum absolute atomic E-state index is 12.8. The molecule has 2 aromatic carbocycles. The van der Waals surface area contributed by atoms with Gasteiger partial charge in [-0.2, -0.15) is 0 Å². The molecule has 2 heterocycles. The number of carbonyl (C=O) groups is 2. The molecule has 0 saturated carbocycles. The second-order valence-corrected chi connectivity index (χ2v) is 6.82. The van der Waals surface area contributed by atoms with Crippen LogP contribution in [0.1, 0.15) is 21.7 Å². The third-order valence-corrected chi connectivity index (χ3v) is 4.60. The SMILES string of the molecule is Cc1ccc(-c2cc(C(=O)OCC(=O)NCc3ccccc3)c3ccccc3n2)o1. The largest absolute Gasteiger partial charge is 0.460 e. The lowest BCUT2D eigenvalue weighted by Gasteiger charge is -2.10. The molecule has 150 valence electrons. The molecular formula is C24H20N2O4. The van der Waals surface area contributed by atoms with Crippen molar-refractivity contribution >= 4 is 22.8 Å². The lowest BCUT2D eigenvalue weighted by atomic mass is 10.1. The highest BCUT2D eigenvalue weighted by Gasteiger charge is 2.17. The van der Waals surface area contributed by atoms with E-state index in [1.165, 1.54) is 0 Å². The van der Waals surface area contributed by atoms with Crippen LogP contribution < -0.4 is 5.32 Å². The topological polar surface area (TPSA) is 81.4 Å². The molecule has 0 unspecified atom stereocenters. The normalized spacial score (nSPS) is 10.7. The molecule has 0 fully saturated rings. The van der Waals surface area contributed by atoms with Crippen molar-refractivity contribution in [1.82, 2.24) is 10.3 Å². The van der Waals surface area contributed by atoms with Gasteiger partial charge in [-0.25, -0.2) is 9.78 Å². The van der Waals surface area contributed by atoms with Crippen LogP contribution in [-0.2, 0) is 16.1 Å². The fraction of sp³-hybridized carbons (Fsp3) is 0.125. The van der Waals surface area contributed by atoms with Crippen molar-refractivity contribution in [2.45, 2.75) is 13.5 Å². The number of nitrogens with one attached hydrogen (secondary N) is 1. The summed E-state index contributed by atoms with van der Waals surface area (Å²) < 4.78 is 10.9. The van der Waals surface area contributed by atoms with Gasteiger partial charge in [0.2, 0.25) is 0 Å². The van der Waals surface area contributed by atoms with Crippen molar-refractivity contribution in [3.63, 3.8) is 0 Å². The van der Waals surface area contributed by atoms with Crippen molar-refractivity contribution in [2.75, 3.05) is 6.61 Å². The molecule has 4 rings (SSSR count). The molecule has 0 aliphatic heterocycles. The number of furan rings is 1. The minimum Gasteiger partial charge on any atom is -0.460 e. The Balaban J connectivity index is 1.50. The standard InChI is InChI=1S/C24H20N2O4/c1-16-11-12-22(30-16)21-13-19(18-9-5-6-10-20(18)26-21)24(28)29-15-23(27)25-14-17-7-3-2-4-8-17/h2-13H,14-15H2,1H3,(H,25,27). The van der Waals surface area contributed by atoms with Crippen LogP contribution in [0.15, 0.2) is 77.2 Å². The quantitative estimate of drug-likeness (QED) is 0.489. The predicted molar refractivity (Wildman–Crippen MR) is 113 cm³/mol. The Morgan fingerprint density at radius 2 is 1.77 bits per heavy atom. The van der Waals surface area contributed by atoms with Crippen LogP contribution in [0.5, 0.6) is 0 Å². The number of rotatable bonds is 6. The predicted octanol–water partition coefficient (Wildman–Crippen LogP) is 4.28. The number of amides is 1. The minimum absolute atomic E-state index is 0.334. The van der Waals surface area contributed by atoms with E-state index in [1.54, 1.807) is 18.2 Å². The highest BCUT2D eigenvalue weighted by Crippen LogP contribution is 2.26. The lowest BCUT2D eigenvalue weighted by Crippen LogP contribution is -2.28. The van der Waals surface area contributed by atoms with Gasteiger partial charge in [0, 0.05) is 11.9 Å². The van der Waals surface area contributed by atoms with Crippen LogP contribution in [0.25, 0.3) is 22.4 Å². The van der Waals surface area contributed by atoms with E-state index >= 15 is 0 Å². The summed E-state index contributed by atoms with van der Waals surface area (Å²) in [6, 6.07) is 22.1. The maximum atomic E-state index is 12.8. The number of benzene rings is 2. The zero-order chi connectivity index (χ0) is 20.9. The van der Waals surface area contributed by atoms with E-state index in [1.807, 2.05) is 61.5 Å². The Kier molecular flexibility index (Phi) is 5.57. The van der Waals surface area contributed by atoms with Crippen molar-refractivity contribution in [2.24, 2.45) is 0 Å². The summed E-state index contributed by atoms with van der Waals surface area (Å²) in [5.74, 6) is 0.354. The zero-order valence-electron chi connectivity index (χ0n) is 16.4. The summed E-state index contributed by atoms with van der Waals surface area (Å²) in [5.41, 5.74) is 2.48. The number of pyridine rings is 1. The average molecular weight is 400 g/mol. The lowest BCUT2D eigenvalue weighted by molar-refractivity contribution is -0.124. The highest BCUT2D eigenvalue weighted by atomic mass is 16.5. The van der Waals surface area contributed by atoms with Crippen LogP contribution in [0, 0.1) is 6.92 Å². The first-order chi connectivity index (χ1) is 14.6. The van der Waals surface area contributed by atoms with E-state index in [-0.39, 0.29) is 12.5 Å². The van der Waals surface area contributed by atoms with Gasteiger partial charge < -0.3 is 14.5 Å². The summed E-state index contributed by atoms with van der Waals surface area (Å²) in [4.78, 5) is 29.4. The van der Waals surface area contributed by atoms with Crippen LogP contribution in [0.3, 0.4) is 0 Å². The third kappa shape index (κ3) is 4.38. The Hall–Kier alpha value is -3.93. The summed E-state index contributed by atoms with van der Waals surface area (Å²) in [7, 11) is 0. The molecule has 6 heteroatoms. The maximum Gasteiger partial charge on any atom is 0.339 e.